The molecule has 0 saturated carbocycles. The number of nitrogens with two attached hydrogens (primary N) is 1. The highest BCUT2D eigenvalue weighted by atomic mass is 79.9. The highest BCUT2D eigenvalue weighted by molar-refractivity contribution is 9.10. The molecule has 0 aromatic heterocycles. The number of rotatable bonds is 5. The molecule has 0 fully saturated rings. The topological polar surface area (TPSA) is 44.5 Å². The first-order valence-electron chi connectivity index (χ1n) is 6.41. The maximum absolute atomic E-state index is 5.96. The van der Waals surface area contributed by atoms with Crippen molar-refractivity contribution in [1.82, 2.24) is 0 Å². The zero-order valence-corrected chi connectivity index (χ0v) is 13.2. The van der Waals surface area contributed by atoms with Gasteiger partial charge in [0.05, 0.1) is 7.11 Å². The van der Waals surface area contributed by atoms with Crippen molar-refractivity contribution in [2.45, 2.75) is 19.6 Å². The van der Waals surface area contributed by atoms with Crippen molar-refractivity contribution in [3.8, 4) is 11.5 Å². The average molecular weight is 336 g/mol. The van der Waals surface area contributed by atoms with Crippen LogP contribution in [0.4, 0.5) is 0 Å². The lowest BCUT2D eigenvalue weighted by molar-refractivity contribution is 0.301. The number of hydrogen-bond acceptors (Lipinski definition) is 3. The second-order valence-corrected chi connectivity index (χ2v) is 5.52. The van der Waals surface area contributed by atoms with Gasteiger partial charge in [-0.3, -0.25) is 0 Å². The van der Waals surface area contributed by atoms with Crippen molar-refractivity contribution in [3.05, 3.63) is 58.1 Å². The van der Waals surface area contributed by atoms with Gasteiger partial charge in [-0.15, -0.1) is 0 Å². The van der Waals surface area contributed by atoms with Gasteiger partial charge in [0.1, 0.15) is 18.1 Å². The highest BCUT2D eigenvalue weighted by Crippen LogP contribution is 2.28. The molecule has 0 aliphatic carbocycles. The Hall–Kier alpha value is -1.52. The van der Waals surface area contributed by atoms with Gasteiger partial charge in [0.15, 0.2) is 0 Å². The van der Waals surface area contributed by atoms with Gasteiger partial charge in [-0.25, -0.2) is 0 Å². The van der Waals surface area contributed by atoms with Crippen LogP contribution < -0.4 is 15.2 Å². The minimum Gasteiger partial charge on any atom is -0.497 e. The fraction of sp³-hybridized carbons (Fsp3) is 0.250. The summed E-state index contributed by atoms with van der Waals surface area (Å²) in [5, 5.41) is 0. The Kier molecular flexibility index (Phi) is 5.04. The fourth-order valence-electron chi connectivity index (χ4n) is 1.89. The van der Waals surface area contributed by atoms with Crippen molar-refractivity contribution in [2.24, 2.45) is 5.73 Å². The van der Waals surface area contributed by atoms with Crippen LogP contribution in [0.2, 0.25) is 0 Å². The number of ether oxygens (including phenoxy) is 2. The van der Waals surface area contributed by atoms with Crippen molar-refractivity contribution in [3.63, 3.8) is 0 Å². The molecule has 0 aliphatic heterocycles. The monoisotopic (exact) mass is 335 g/mol. The number of halogens is 1. The summed E-state index contributed by atoms with van der Waals surface area (Å²) >= 11 is 3.45. The third kappa shape index (κ3) is 3.74. The van der Waals surface area contributed by atoms with Gasteiger partial charge in [-0.05, 0) is 36.8 Å². The molecule has 0 radical (unpaired) electrons. The van der Waals surface area contributed by atoms with Gasteiger partial charge in [-0.1, -0.05) is 34.1 Å². The molecular formula is C16H18BrNO2. The second kappa shape index (κ2) is 6.77. The van der Waals surface area contributed by atoms with E-state index in [-0.39, 0.29) is 6.04 Å². The summed E-state index contributed by atoms with van der Waals surface area (Å²) in [6.45, 7) is 2.45. The molecule has 3 nitrogen and oxygen atoms in total. The summed E-state index contributed by atoms with van der Waals surface area (Å²) < 4.78 is 12.0. The van der Waals surface area contributed by atoms with E-state index in [4.69, 9.17) is 15.2 Å². The van der Waals surface area contributed by atoms with Crippen LogP contribution >= 0.6 is 15.9 Å². The Balaban J connectivity index is 2.11. The molecule has 0 unspecified atom stereocenters. The lowest BCUT2D eigenvalue weighted by atomic mass is 10.1. The predicted octanol–water partition coefficient (Wildman–Crippen LogP) is 4.06. The standard InChI is InChI=1S/C16H18BrNO2/c1-11(18)15-8-5-13(17)9-16(15)20-10-12-3-6-14(19-2)7-4-12/h3-9,11H,10,18H2,1-2H3/t11-/m0/s1. The highest BCUT2D eigenvalue weighted by Gasteiger charge is 2.09. The van der Waals surface area contributed by atoms with Crippen LogP contribution in [0.1, 0.15) is 24.1 Å². The Morgan fingerprint density at radius 3 is 2.45 bits per heavy atom. The lowest BCUT2D eigenvalue weighted by Gasteiger charge is -2.14. The molecule has 2 rings (SSSR count). The predicted molar refractivity (Wildman–Crippen MR) is 84.1 cm³/mol. The van der Waals surface area contributed by atoms with E-state index >= 15 is 0 Å². The van der Waals surface area contributed by atoms with Crippen LogP contribution in [0.15, 0.2) is 46.9 Å². The molecule has 4 heteroatoms. The molecule has 2 N–H and O–H groups in total. The van der Waals surface area contributed by atoms with Gasteiger partial charge in [-0.2, -0.15) is 0 Å². The summed E-state index contributed by atoms with van der Waals surface area (Å²) in [5.74, 6) is 1.65. The van der Waals surface area contributed by atoms with Crippen LogP contribution in [-0.4, -0.2) is 7.11 Å². The third-order valence-electron chi connectivity index (χ3n) is 3.02. The fourth-order valence-corrected chi connectivity index (χ4v) is 2.23. The van der Waals surface area contributed by atoms with Gasteiger partial charge in [0.25, 0.3) is 0 Å². The van der Waals surface area contributed by atoms with Gasteiger partial charge >= 0.3 is 0 Å². The number of benzene rings is 2. The maximum Gasteiger partial charge on any atom is 0.125 e. The smallest absolute Gasteiger partial charge is 0.125 e. The van der Waals surface area contributed by atoms with E-state index < -0.39 is 0 Å². The van der Waals surface area contributed by atoms with Crippen molar-refractivity contribution < 1.29 is 9.47 Å². The van der Waals surface area contributed by atoms with E-state index in [0.717, 1.165) is 27.1 Å². The lowest BCUT2D eigenvalue weighted by Crippen LogP contribution is -2.08. The summed E-state index contributed by atoms with van der Waals surface area (Å²) in [6, 6.07) is 13.7. The van der Waals surface area contributed by atoms with Crippen molar-refractivity contribution >= 4 is 15.9 Å². The molecule has 0 heterocycles. The van der Waals surface area contributed by atoms with E-state index in [9.17, 15) is 0 Å². The zero-order valence-electron chi connectivity index (χ0n) is 11.6. The van der Waals surface area contributed by atoms with Crippen molar-refractivity contribution in [2.75, 3.05) is 7.11 Å². The molecule has 2 aromatic rings. The van der Waals surface area contributed by atoms with Crippen LogP contribution in [0.5, 0.6) is 11.5 Å². The van der Waals surface area contributed by atoms with Gasteiger partial charge in [0, 0.05) is 16.1 Å². The molecule has 0 amide bonds. The summed E-state index contributed by atoms with van der Waals surface area (Å²) in [7, 11) is 1.65. The van der Waals surface area contributed by atoms with Crippen LogP contribution in [0, 0.1) is 0 Å². The van der Waals surface area contributed by atoms with E-state index in [1.807, 2.05) is 49.4 Å². The largest absolute Gasteiger partial charge is 0.497 e. The number of methoxy groups -OCH3 is 1. The first kappa shape index (κ1) is 14.9. The summed E-state index contributed by atoms with van der Waals surface area (Å²) in [5.41, 5.74) is 8.05. The van der Waals surface area contributed by atoms with Crippen LogP contribution in [-0.2, 0) is 6.61 Å². The van der Waals surface area contributed by atoms with Crippen LogP contribution in [0.25, 0.3) is 0 Å². The number of hydrogen-bond donors (Lipinski definition) is 1. The minimum absolute atomic E-state index is 0.0611. The molecule has 0 aliphatic rings. The summed E-state index contributed by atoms with van der Waals surface area (Å²) in [6.07, 6.45) is 0. The molecule has 0 spiro atoms. The van der Waals surface area contributed by atoms with Gasteiger partial charge in [0.2, 0.25) is 0 Å². The van der Waals surface area contributed by atoms with E-state index in [2.05, 4.69) is 15.9 Å². The third-order valence-corrected chi connectivity index (χ3v) is 3.51. The quantitative estimate of drug-likeness (QED) is 0.896. The van der Waals surface area contributed by atoms with E-state index in [0.29, 0.717) is 6.61 Å². The Labute approximate surface area is 127 Å². The Morgan fingerprint density at radius 1 is 1.15 bits per heavy atom. The molecule has 2 aromatic carbocycles. The Bertz CT molecular complexity index is 567. The molecule has 20 heavy (non-hydrogen) atoms. The van der Waals surface area contributed by atoms with Crippen LogP contribution in [0.3, 0.4) is 0 Å². The maximum atomic E-state index is 5.96. The molecule has 106 valence electrons. The molecular weight excluding hydrogens is 318 g/mol. The summed E-state index contributed by atoms with van der Waals surface area (Å²) in [4.78, 5) is 0. The zero-order chi connectivity index (χ0) is 14.5. The normalized spacial score (nSPS) is 12.0. The second-order valence-electron chi connectivity index (χ2n) is 4.61. The Morgan fingerprint density at radius 2 is 1.85 bits per heavy atom. The van der Waals surface area contributed by atoms with E-state index in [1.165, 1.54) is 0 Å². The van der Waals surface area contributed by atoms with Gasteiger partial charge < -0.3 is 15.2 Å². The molecule has 0 bridgehead atoms. The SMILES string of the molecule is COc1ccc(COc2cc(Br)ccc2[C@H](C)N)cc1. The minimum atomic E-state index is -0.0611. The van der Waals surface area contributed by atoms with E-state index in [1.54, 1.807) is 7.11 Å². The first-order chi connectivity index (χ1) is 9.60. The van der Waals surface area contributed by atoms with Crippen molar-refractivity contribution in [1.29, 1.82) is 0 Å². The average Bonchev–Trinajstić information content (AvgIpc) is 2.45. The first-order valence-corrected chi connectivity index (χ1v) is 7.20. The molecule has 0 saturated heterocycles. The molecule has 1 atom stereocenters.